The summed E-state index contributed by atoms with van der Waals surface area (Å²) < 4.78 is 16.8. The molecule has 3 aromatic rings. The molecule has 26 heavy (non-hydrogen) atoms. The Hall–Kier alpha value is -2.54. The quantitative estimate of drug-likeness (QED) is 0.586. The fourth-order valence-corrected chi connectivity index (χ4v) is 2.75. The third-order valence-corrected chi connectivity index (χ3v) is 4.12. The molecule has 0 aliphatic carbocycles. The minimum atomic E-state index is -0.346. The van der Waals surface area contributed by atoms with Crippen molar-refractivity contribution in [3.63, 3.8) is 0 Å². The first-order valence-corrected chi connectivity index (χ1v) is 8.21. The molecule has 0 aliphatic rings. The highest BCUT2D eigenvalue weighted by atomic mass is 35.5. The van der Waals surface area contributed by atoms with Crippen LogP contribution in [0.25, 0.3) is 11.0 Å². The van der Waals surface area contributed by atoms with Gasteiger partial charge in [0.2, 0.25) is 0 Å². The van der Waals surface area contributed by atoms with E-state index in [0.717, 1.165) is 10.4 Å². The van der Waals surface area contributed by atoms with E-state index in [1.165, 1.54) is 14.2 Å². The molecule has 0 aliphatic heterocycles. The Balaban J connectivity index is 1.88. The largest absolute Gasteiger partial charge is 0.455 e. The summed E-state index contributed by atoms with van der Waals surface area (Å²) >= 11 is 6.23. The number of para-hydroxylation sites is 1. The molecule has 0 atom stereocenters. The predicted octanol–water partition coefficient (Wildman–Crippen LogP) is 4.66. The molecule has 3 rings (SSSR count). The Bertz CT molecular complexity index is 937. The summed E-state index contributed by atoms with van der Waals surface area (Å²) in [5.74, 6) is 1.40. The van der Waals surface area contributed by atoms with Crippen molar-refractivity contribution < 1.29 is 23.5 Å². The maximum absolute atomic E-state index is 12.2. The predicted molar refractivity (Wildman–Crippen MR) is 97.6 cm³/mol. The molecule has 2 aromatic carbocycles. The summed E-state index contributed by atoms with van der Waals surface area (Å²) in [7, 11) is 4.53. The molecule has 6 nitrogen and oxygen atoms in total. The van der Waals surface area contributed by atoms with Crippen LogP contribution >= 0.6 is 11.6 Å². The van der Waals surface area contributed by atoms with E-state index in [9.17, 15) is 4.79 Å². The number of ether oxygens (including phenoxy) is 2. The molecule has 1 aromatic heterocycles. The number of nitrogens with zero attached hydrogens (tertiary/aromatic N) is 1. The molecule has 0 fully saturated rings. The summed E-state index contributed by atoms with van der Waals surface area (Å²) in [6, 6.07) is 12.3. The summed E-state index contributed by atoms with van der Waals surface area (Å²) in [6.07, 6.45) is 0. The van der Waals surface area contributed by atoms with E-state index in [1.54, 1.807) is 31.4 Å². The molecule has 136 valence electrons. The zero-order valence-electron chi connectivity index (χ0n) is 14.6. The van der Waals surface area contributed by atoms with E-state index < -0.39 is 0 Å². The molecule has 0 radical (unpaired) electrons. The number of hydroxylamine groups is 2. The Morgan fingerprint density at radius 1 is 1.19 bits per heavy atom. The van der Waals surface area contributed by atoms with Crippen LogP contribution in [0.4, 0.5) is 0 Å². The number of furan rings is 1. The van der Waals surface area contributed by atoms with Gasteiger partial charge in [0.05, 0.1) is 17.7 Å². The van der Waals surface area contributed by atoms with Crippen LogP contribution in [0.2, 0.25) is 5.02 Å². The number of amides is 1. The van der Waals surface area contributed by atoms with E-state index in [2.05, 4.69) is 0 Å². The van der Waals surface area contributed by atoms with Crippen molar-refractivity contribution in [1.82, 2.24) is 5.06 Å². The van der Waals surface area contributed by atoms with E-state index in [0.29, 0.717) is 35.0 Å². The van der Waals surface area contributed by atoms with Crippen molar-refractivity contribution in [2.24, 2.45) is 0 Å². The van der Waals surface area contributed by atoms with Crippen molar-refractivity contribution in [1.29, 1.82) is 0 Å². The van der Waals surface area contributed by atoms with E-state index in [4.69, 9.17) is 30.3 Å². The number of benzene rings is 2. The van der Waals surface area contributed by atoms with Gasteiger partial charge in [-0.15, -0.1) is 0 Å². The molecule has 0 spiro atoms. The molecule has 0 N–H and O–H groups in total. The molecular weight excluding hydrogens is 358 g/mol. The zero-order valence-corrected chi connectivity index (χ0v) is 15.4. The highest BCUT2D eigenvalue weighted by molar-refractivity contribution is 6.33. The summed E-state index contributed by atoms with van der Waals surface area (Å²) in [4.78, 5) is 17.0. The SMILES string of the molecule is COCc1cc2cccc(Oc3ccc(C(=O)N(C)OC)c(Cl)c3)c2o1. The van der Waals surface area contributed by atoms with Gasteiger partial charge in [-0.3, -0.25) is 9.63 Å². The van der Waals surface area contributed by atoms with Crippen LogP contribution in [-0.2, 0) is 16.2 Å². The smallest absolute Gasteiger partial charge is 0.278 e. The first-order chi connectivity index (χ1) is 12.5. The molecule has 7 heteroatoms. The number of hydrogen-bond donors (Lipinski definition) is 0. The van der Waals surface area contributed by atoms with Crippen molar-refractivity contribution in [3.05, 3.63) is 58.8 Å². The third kappa shape index (κ3) is 3.67. The maximum atomic E-state index is 12.2. The highest BCUT2D eigenvalue weighted by Gasteiger charge is 2.16. The Morgan fingerprint density at radius 3 is 2.69 bits per heavy atom. The topological polar surface area (TPSA) is 61.1 Å². The van der Waals surface area contributed by atoms with Crippen LogP contribution in [0.5, 0.6) is 11.5 Å². The average molecular weight is 376 g/mol. The Morgan fingerprint density at radius 2 is 2.00 bits per heavy atom. The lowest BCUT2D eigenvalue weighted by molar-refractivity contribution is -0.0756. The number of rotatable bonds is 6. The van der Waals surface area contributed by atoms with Crippen LogP contribution in [0, 0.1) is 0 Å². The second kappa shape index (κ2) is 7.78. The number of carbonyl (C=O) groups excluding carboxylic acids is 1. The lowest BCUT2D eigenvalue weighted by Gasteiger charge is -2.15. The van der Waals surface area contributed by atoms with Gasteiger partial charge in [-0.2, -0.15) is 0 Å². The molecule has 0 saturated carbocycles. The lowest BCUT2D eigenvalue weighted by atomic mass is 10.2. The average Bonchev–Trinajstić information content (AvgIpc) is 3.04. The number of methoxy groups -OCH3 is 1. The Labute approximate surface area is 155 Å². The monoisotopic (exact) mass is 375 g/mol. The van der Waals surface area contributed by atoms with Gasteiger partial charge in [0.25, 0.3) is 5.91 Å². The standard InChI is InChI=1S/C19H18ClNO5/c1-21(24-3)19(22)15-8-7-13(10-16(15)20)25-17-6-4-5-12-9-14(11-23-2)26-18(12)17/h4-10H,11H2,1-3H3. The second-order valence-corrected chi connectivity index (χ2v) is 5.96. The van der Waals surface area contributed by atoms with Crippen molar-refractivity contribution in [2.45, 2.75) is 6.61 Å². The van der Waals surface area contributed by atoms with Crippen LogP contribution < -0.4 is 4.74 Å². The number of fused-ring (bicyclic) bond motifs is 1. The fourth-order valence-electron chi connectivity index (χ4n) is 2.50. The molecule has 1 heterocycles. The van der Waals surface area contributed by atoms with Gasteiger partial charge in [0, 0.05) is 25.6 Å². The van der Waals surface area contributed by atoms with Crippen molar-refractivity contribution in [3.8, 4) is 11.5 Å². The molecule has 0 saturated heterocycles. The lowest BCUT2D eigenvalue weighted by Crippen LogP contribution is -2.25. The minimum Gasteiger partial charge on any atom is -0.455 e. The minimum absolute atomic E-state index is 0.267. The van der Waals surface area contributed by atoms with Crippen molar-refractivity contribution in [2.75, 3.05) is 21.3 Å². The molecule has 1 amide bonds. The van der Waals surface area contributed by atoms with Gasteiger partial charge in [0.1, 0.15) is 18.1 Å². The van der Waals surface area contributed by atoms with E-state index in [1.807, 2.05) is 18.2 Å². The van der Waals surface area contributed by atoms with E-state index >= 15 is 0 Å². The van der Waals surface area contributed by atoms with Crippen LogP contribution in [0.1, 0.15) is 16.1 Å². The number of hydrogen-bond acceptors (Lipinski definition) is 5. The fraction of sp³-hybridized carbons (Fsp3) is 0.211. The van der Waals surface area contributed by atoms with Crippen molar-refractivity contribution >= 4 is 28.5 Å². The third-order valence-electron chi connectivity index (χ3n) is 3.80. The van der Waals surface area contributed by atoms with Gasteiger partial charge < -0.3 is 13.9 Å². The normalized spacial score (nSPS) is 10.9. The first-order valence-electron chi connectivity index (χ1n) is 7.83. The number of carbonyl (C=O) groups is 1. The first kappa shape index (κ1) is 18.3. The van der Waals surface area contributed by atoms with Crippen LogP contribution in [-0.4, -0.2) is 32.2 Å². The summed E-state index contributed by atoms with van der Waals surface area (Å²) in [5, 5.41) is 2.28. The molecule has 0 bridgehead atoms. The molecule has 0 unspecified atom stereocenters. The van der Waals surface area contributed by atoms with Gasteiger partial charge >= 0.3 is 0 Å². The van der Waals surface area contributed by atoms with Gasteiger partial charge in [-0.25, -0.2) is 5.06 Å². The van der Waals surface area contributed by atoms with Gasteiger partial charge in [0.15, 0.2) is 11.3 Å². The second-order valence-electron chi connectivity index (χ2n) is 5.55. The van der Waals surface area contributed by atoms with Crippen LogP contribution in [0.15, 0.2) is 46.9 Å². The number of halogens is 1. The summed E-state index contributed by atoms with van der Waals surface area (Å²) in [5.41, 5.74) is 0.942. The highest BCUT2D eigenvalue weighted by Crippen LogP contribution is 2.34. The Kier molecular flexibility index (Phi) is 5.46. The maximum Gasteiger partial charge on any atom is 0.278 e. The van der Waals surface area contributed by atoms with E-state index in [-0.39, 0.29) is 10.9 Å². The molecular formula is C19H18ClNO5. The zero-order chi connectivity index (χ0) is 18.7. The van der Waals surface area contributed by atoms with Crippen LogP contribution in [0.3, 0.4) is 0 Å². The van der Waals surface area contributed by atoms with Gasteiger partial charge in [-0.1, -0.05) is 23.7 Å². The summed E-state index contributed by atoms with van der Waals surface area (Å²) in [6.45, 7) is 0.379. The van der Waals surface area contributed by atoms with Gasteiger partial charge in [-0.05, 0) is 24.3 Å².